The van der Waals surface area contributed by atoms with E-state index < -0.39 is 6.04 Å². The molecule has 0 aromatic carbocycles. The number of nitrogens with one attached hydrogen (secondary N) is 1. The summed E-state index contributed by atoms with van der Waals surface area (Å²) in [5, 5.41) is 3.04. The van der Waals surface area contributed by atoms with Crippen LogP contribution in [0.5, 0.6) is 0 Å². The second-order valence-corrected chi connectivity index (χ2v) is 4.40. The van der Waals surface area contributed by atoms with Gasteiger partial charge in [0.2, 0.25) is 5.91 Å². The van der Waals surface area contributed by atoms with E-state index in [9.17, 15) is 9.59 Å². The van der Waals surface area contributed by atoms with Gasteiger partial charge in [0.05, 0.1) is 11.4 Å². The lowest BCUT2D eigenvalue weighted by molar-refractivity contribution is -0.146. The molecule has 1 atom stereocenters. The van der Waals surface area contributed by atoms with Gasteiger partial charge in [0.1, 0.15) is 11.9 Å². The molecule has 0 radical (unpaired) electrons. The molecular weight excluding hydrogens is 232 g/mol. The van der Waals surface area contributed by atoms with Crippen LogP contribution in [0, 0.1) is 6.92 Å². The van der Waals surface area contributed by atoms with E-state index in [1.807, 2.05) is 0 Å². The number of nitrogens with zero attached hydrogens (tertiary/aromatic N) is 2. The van der Waals surface area contributed by atoms with Gasteiger partial charge in [-0.3, -0.25) is 14.5 Å². The van der Waals surface area contributed by atoms with Crippen molar-refractivity contribution in [1.82, 2.24) is 9.88 Å². The lowest BCUT2D eigenvalue weighted by Crippen LogP contribution is -2.48. The van der Waals surface area contributed by atoms with Gasteiger partial charge in [0.25, 0.3) is 5.91 Å². The number of nitrogens with two attached hydrogens (primary N) is 1. The number of likely N-dealkylation sites (N-methyl/N-ethyl adjacent to an activating group) is 1. The molecule has 1 fully saturated rings. The normalized spacial score (nSPS) is 20.1. The van der Waals surface area contributed by atoms with E-state index in [4.69, 9.17) is 5.73 Å². The molecule has 2 amide bonds. The van der Waals surface area contributed by atoms with Crippen molar-refractivity contribution in [3.05, 3.63) is 17.8 Å². The molecule has 1 aliphatic heterocycles. The number of aryl methyl sites for hydroxylation is 1. The van der Waals surface area contributed by atoms with Gasteiger partial charge in [-0.1, -0.05) is 0 Å². The highest BCUT2D eigenvalue weighted by atomic mass is 16.2. The molecule has 96 valence electrons. The smallest absolute Gasteiger partial charge is 0.251 e. The van der Waals surface area contributed by atoms with Crippen molar-refractivity contribution in [2.75, 3.05) is 18.1 Å². The zero-order chi connectivity index (χ0) is 13.3. The molecule has 18 heavy (non-hydrogen) atoms. The monoisotopic (exact) mass is 248 g/mol. The van der Waals surface area contributed by atoms with Crippen LogP contribution in [0.1, 0.15) is 18.5 Å². The average Bonchev–Trinajstić information content (AvgIpc) is 2.34. The van der Waals surface area contributed by atoms with Crippen molar-refractivity contribution >= 4 is 23.3 Å². The van der Waals surface area contributed by atoms with Gasteiger partial charge in [0.15, 0.2) is 0 Å². The highest BCUT2D eigenvalue weighted by molar-refractivity contribution is 6.01. The molecular formula is C12H16N4O2. The Hall–Kier alpha value is -2.11. The number of rotatable bonds is 2. The number of carbonyl (C=O) groups excluding carboxylic acids is 2. The Morgan fingerprint density at radius 1 is 1.44 bits per heavy atom. The Kier molecular flexibility index (Phi) is 3.18. The second kappa shape index (κ2) is 4.64. The summed E-state index contributed by atoms with van der Waals surface area (Å²) in [6.07, 6.45) is 0.862. The number of piperidine rings is 1. The van der Waals surface area contributed by atoms with Crippen LogP contribution in [0.2, 0.25) is 0 Å². The third-order valence-electron chi connectivity index (χ3n) is 3.10. The lowest BCUT2D eigenvalue weighted by Gasteiger charge is -2.28. The number of hydrogen-bond acceptors (Lipinski definition) is 5. The maximum absolute atomic E-state index is 11.9. The van der Waals surface area contributed by atoms with Crippen LogP contribution in [0.25, 0.3) is 0 Å². The molecule has 2 rings (SSSR count). The first kappa shape index (κ1) is 12.3. The van der Waals surface area contributed by atoms with E-state index in [0.717, 1.165) is 4.90 Å². The van der Waals surface area contributed by atoms with Crippen LogP contribution in [0.15, 0.2) is 12.1 Å². The van der Waals surface area contributed by atoms with Crippen LogP contribution in [0.3, 0.4) is 0 Å². The molecule has 6 heteroatoms. The summed E-state index contributed by atoms with van der Waals surface area (Å²) < 4.78 is 0. The summed E-state index contributed by atoms with van der Waals surface area (Å²) in [6, 6.07) is 3.07. The van der Waals surface area contributed by atoms with Crippen LogP contribution in [0.4, 0.5) is 11.5 Å². The number of likely N-dealkylation sites (tertiary alicyclic amines) is 1. The van der Waals surface area contributed by atoms with Crippen LogP contribution in [-0.2, 0) is 9.59 Å². The lowest BCUT2D eigenvalue weighted by atomic mass is 10.0. The zero-order valence-electron chi connectivity index (χ0n) is 10.4. The SMILES string of the molecule is Cc1nc(NC2CCC(=O)N(C)C2=O)ccc1N. The molecule has 0 bridgehead atoms. The first-order chi connectivity index (χ1) is 8.49. The number of nitrogen functional groups attached to an aromatic ring is 1. The number of amides is 2. The maximum atomic E-state index is 11.9. The van der Waals surface area contributed by atoms with Crippen molar-refractivity contribution in [1.29, 1.82) is 0 Å². The van der Waals surface area contributed by atoms with Crippen LogP contribution < -0.4 is 11.1 Å². The predicted molar refractivity (Wildman–Crippen MR) is 67.8 cm³/mol. The summed E-state index contributed by atoms with van der Waals surface area (Å²) in [5.74, 6) is 0.241. The Bertz CT molecular complexity index is 501. The summed E-state index contributed by atoms with van der Waals surface area (Å²) in [5.41, 5.74) is 7.01. The number of hydrogen-bond donors (Lipinski definition) is 2. The van der Waals surface area contributed by atoms with E-state index in [1.54, 1.807) is 19.1 Å². The topological polar surface area (TPSA) is 88.3 Å². The van der Waals surface area contributed by atoms with Crippen molar-refractivity contribution in [3.63, 3.8) is 0 Å². The van der Waals surface area contributed by atoms with Crippen molar-refractivity contribution < 1.29 is 9.59 Å². The quantitative estimate of drug-likeness (QED) is 0.745. The third kappa shape index (κ3) is 2.27. The van der Waals surface area contributed by atoms with Crippen LogP contribution in [-0.4, -0.2) is 34.8 Å². The summed E-state index contributed by atoms with van der Waals surface area (Å²) in [4.78, 5) is 28.6. The minimum Gasteiger partial charge on any atom is -0.397 e. The fraction of sp³-hybridized carbons (Fsp3) is 0.417. The van der Waals surface area contributed by atoms with E-state index in [1.165, 1.54) is 7.05 Å². The molecule has 1 aromatic heterocycles. The molecule has 6 nitrogen and oxygen atoms in total. The molecule has 0 aliphatic carbocycles. The largest absolute Gasteiger partial charge is 0.397 e. The number of carbonyl (C=O) groups is 2. The summed E-state index contributed by atoms with van der Waals surface area (Å²) in [6.45, 7) is 1.80. The van der Waals surface area contributed by atoms with Gasteiger partial charge in [0, 0.05) is 13.5 Å². The average molecular weight is 248 g/mol. The molecule has 2 heterocycles. The van der Waals surface area contributed by atoms with Crippen molar-refractivity contribution in [2.45, 2.75) is 25.8 Å². The first-order valence-electron chi connectivity index (χ1n) is 5.79. The van der Waals surface area contributed by atoms with E-state index >= 15 is 0 Å². The molecule has 1 aliphatic rings. The summed E-state index contributed by atoms with van der Waals surface area (Å²) >= 11 is 0. The highest BCUT2D eigenvalue weighted by Crippen LogP contribution is 2.18. The number of imide groups is 1. The number of aromatic nitrogens is 1. The third-order valence-corrected chi connectivity index (χ3v) is 3.10. The summed E-state index contributed by atoms with van der Waals surface area (Å²) in [7, 11) is 1.50. The molecule has 3 N–H and O–H groups in total. The molecule has 0 spiro atoms. The van der Waals surface area contributed by atoms with Crippen molar-refractivity contribution in [2.24, 2.45) is 0 Å². The minimum atomic E-state index is -0.400. The number of pyridine rings is 1. The first-order valence-corrected chi connectivity index (χ1v) is 5.79. The molecule has 1 saturated heterocycles. The van der Waals surface area contributed by atoms with Gasteiger partial charge in [-0.15, -0.1) is 0 Å². The van der Waals surface area contributed by atoms with E-state index in [2.05, 4.69) is 10.3 Å². The Balaban J connectivity index is 2.11. The van der Waals surface area contributed by atoms with E-state index in [0.29, 0.717) is 30.0 Å². The molecule has 0 saturated carbocycles. The van der Waals surface area contributed by atoms with Gasteiger partial charge < -0.3 is 11.1 Å². The maximum Gasteiger partial charge on any atom is 0.251 e. The Morgan fingerprint density at radius 2 is 2.17 bits per heavy atom. The fourth-order valence-corrected chi connectivity index (χ4v) is 1.88. The van der Waals surface area contributed by atoms with Gasteiger partial charge in [-0.05, 0) is 25.5 Å². The zero-order valence-corrected chi connectivity index (χ0v) is 10.4. The van der Waals surface area contributed by atoms with E-state index in [-0.39, 0.29) is 11.8 Å². The minimum absolute atomic E-state index is 0.139. The second-order valence-electron chi connectivity index (χ2n) is 4.40. The fourth-order valence-electron chi connectivity index (χ4n) is 1.88. The van der Waals surface area contributed by atoms with Gasteiger partial charge in [-0.25, -0.2) is 4.98 Å². The van der Waals surface area contributed by atoms with Crippen molar-refractivity contribution in [3.8, 4) is 0 Å². The van der Waals surface area contributed by atoms with Crippen LogP contribution >= 0.6 is 0 Å². The molecule has 1 aromatic rings. The number of anilines is 2. The molecule has 1 unspecified atom stereocenters. The Labute approximate surface area is 105 Å². The Morgan fingerprint density at radius 3 is 2.83 bits per heavy atom. The van der Waals surface area contributed by atoms with Gasteiger partial charge >= 0.3 is 0 Å². The predicted octanol–water partition coefficient (Wildman–Crippen LogP) is 0.532. The highest BCUT2D eigenvalue weighted by Gasteiger charge is 2.31. The van der Waals surface area contributed by atoms with Gasteiger partial charge in [-0.2, -0.15) is 0 Å². The standard InChI is InChI=1S/C12H16N4O2/c1-7-8(13)3-5-10(14-7)15-9-4-6-11(17)16(2)12(9)18/h3,5,9H,4,6,13H2,1-2H3,(H,14,15).